The molecule has 1 saturated heterocycles. The second-order valence-corrected chi connectivity index (χ2v) is 9.80. The van der Waals surface area contributed by atoms with Gasteiger partial charge in [-0.2, -0.15) is 0 Å². The first-order valence-electron chi connectivity index (χ1n) is 10.6. The van der Waals surface area contributed by atoms with Crippen LogP contribution in [0.1, 0.15) is 29.7 Å². The van der Waals surface area contributed by atoms with Crippen molar-refractivity contribution in [1.82, 2.24) is 9.80 Å². The number of hydrogen-bond donors (Lipinski definition) is 1. The summed E-state index contributed by atoms with van der Waals surface area (Å²) < 4.78 is 0. The van der Waals surface area contributed by atoms with Crippen molar-refractivity contribution in [2.24, 2.45) is 0 Å². The maximum atomic E-state index is 12.0. The fraction of sp³-hybridized carbons (Fsp3) is 0.375. The van der Waals surface area contributed by atoms with Crippen LogP contribution in [-0.4, -0.2) is 45.9 Å². The number of carboxylic acids is 1. The van der Waals surface area contributed by atoms with E-state index in [-0.39, 0.29) is 6.17 Å². The highest BCUT2D eigenvalue weighted by Gasteiger charge is 2.33. The van der Waals surface area contributed by atoms with Crippen molar-refractivity contribution in [3.63, 3.8) is 0 Å². The van der Waals surface area contributed by atoms with E-state index in [9.17, 15) is 9.90 Å². The smallest absolute Gasteiger partial charge is 0.338 e. The highest BCUT2D eigenvalue weighted by atomic mass is 32.2. The first-order chi connectivity index (χ1) is 14.7. The summed E-state index contributed by atoms with van der Waals surface area (Å²) >= 11 is 3.43. The van der Waals surface area contributed by atoms with Crippen molar-refractivity contribution < 1.29 is 9.90 Å². The lowest BCUT2D eigenvalue weighted by atomic mass is 10.1. The van der Waals surface area contributed by atoms with Gasteiger partial charge in [-0.3, -0.25) is 4.90 Å². The van der Waals surface area contributed by atoms with Crippen molar-refractivity contribution in [1.29, 1.82) is 0 Å². The van der Waals surface area contributed by atoms with E-state index in [0.717, 1.165) is 43.3 Å². The Morgan fingerprint density at radius 1 is 1.13 bits per heavy atom. The van der Waals surface area contributed by atoms with Crippen LogP contribution in [-0.2, 0) is 17.8 Å². The Morgan fingerprint density at radius 2 is 1.93 bits per heavy atom. The monoisotopic (exact) mass is 440 g/mol. The number of rotatable bonds is 9. The molecule has 0 amide bonds. The molecule has 158 valence electrons. The van der Waals surface area contributed by atoms with E-state index >= 15 is 0 Å². The van der Waals surface area contributed by atoms with Crippen molar-refractivity contribution >= 4 is 29.1 Å². The molecule has 3 heterocycles. The van der Waals surface area contributed by atoms with Crippen LogP contribution in [0.3, 0.4) is 0 Å². The fourth-order valence-electron chi connectivity index (χ4n) is 4.11. The number of likely N-dealkylation sites (tertiary alicyclic amines) is 1. The maximum Gasteiger partial charge on any atom is 0.338 e. The van der Waals surface area contributed by atoms with Crippen LogP contribution < -0.4 is 0 Å². The molecule has 0 saturated carbocycles. The summed E-state index contributed by atoms with van der Waals surface area (Å²) in [5.41, 5.74) is 1.76. The molecule has 1 N–H and O–H groups in total. The highest BCUT2D eigenvalue weighted by Crippen LogP contribution is 2.35. The first kappa shape index (κ1) is 21.2. The van der Waals surface area contributed by atoms with Crippen molar-refractivity contribution in [3.05, 3.63) is 81.0 Å². The Kier molecular flexibility index (Phi) is 7.31. The number of thiophene rings is 1. The summed E-state index contributed by atoms with van der Waals surface area (Å²) in [4.78, 5) is 18.1. The van der Waals surface area contributed by atoms with Crippen LogP contribution in [0.4, 0.5) is 0 Å². The van der Waals surface area contributed by atoms with Crippen LogP contribution in [0.5, 0.6) is 0 Å². The van der Waals surface area contributed by atoms with Gasteiger partial charge >= 0.3 is 5.97 Å². The molecule has 6 heteroatoms. The number of benzene rings is 1. The number of hydrogen-bond acceptors (Lipinski definition) is 5. The largest absolute Gasteiger partial charge is 0.478 e. The van der Waals surface area contributed by atoms with E-state index in [4.69, 9.17) is 0 Å². The molecule has 1 fully saturated rings. The van der Waals surface area contributed by atoms with Gasteiger partial charge in [-0.25, -0.2) is 4.79 Å². The second kappa shape index (κ2) is 10.3. The summed E-state index contributed by atoms with van der Waals surface area (Å²) in [6, 6.07) is 14.7. The average Bonchev–Trinajstić information content (AvgIpc) is 3.47. The van der Waals surface area contributed by atoms with Crippen LogP contribution in [0.2, 0.25) is 0 Å². The zero-order valence-electron chi connectivity index (χ0n) is 17.1. The van der Waals surface area contributed by atoms with E-state index in [2.05, 4.69) is 57.7 Å². The van der Waals surface area contributed by atoms with Crippen LogP contribution in [0.25, 0.3) is 0 Å². The SMILES string of the molecule is O=C(O)C1=C(SCCCc2ccccc2)N(Cc2cccs2)C(N2CCCC2)C=C1. The third-order valence-electron chi connectivity index (χ3n) is 5.59. The van der Waals surface area contributed by atoms with Gasteiger partial charge in [0.05, 0.1) is 17.1 Å². The number of thioether (sulfide) groups is 1. The zero-order valence-corrected chi connectivity index (χ0v) is 18.7. The van der Waals surface area contributed by atoms with E-state index in [1.807, 2.05) is 12.1 Å². The minimum atomic E-state index is -0.840. The molecule has 2 aliphatic rings. The summed E-state index contributed by atoms with van der Waals surface area (Å²) in [6.45, 7) is 2.90. The molecule has 1 atom stereocenters. The lowest BCUT2D eigenvalue weighted by Gasteiger charge is -2.41. The second-order valence-electron chi connectivity index (χ2n) is 7.68. The first-order valence-corrected chi connectivity index (χ1v) is 12.4. The van der Waals surface area contributed by atoms with Gasteiger partial charge in [-0.05, 0) is 60.6 Å². The topological polar surface area (TPSA) is 43.8 Å². The van der Waals surface area contributed by atoms with Gasteiger partial charge in [0.25, 0.3) is 0 Å². The lowest BCUT2D eigenvalue weighted by Crippen LogP contribution is -2.46. The Hall–Kier alpha value is -2.02. The minimum absolute atomic E-state index is 0.134. The van der Waals surface area contributed by atoms with Gasteiger partial charge in [0.15, 0.2) is 0 Å². The molecule has 1 unspecified atom stereocenters. The van der Waals surface area contributed by atoms with Crippen molar-refractivity contribution in [3.8, 4) is 0 Å². The van der Waals surface area contributed by atoms with E-state index in [0.29, 0.717) is 5.57 Å². The average molecular weight is 441 g/mol. The molecule has 4 rings (SSSR count). The Balaban J connectivity index is 1.52. The predicted molar refractivity (Wildman–Crippen MR) is 125 cm³/mol. The summed E-state index contributed by atoms with van der Waals surface area (Å²) in [5.74, 6) is 0.0653. The summed E-state index contributed by atoms with van der Waals surface area (Å²) in [5, 5.41) is 12.9. The molecular weight excluding hydrogens is 412 g/mol. The van der Waals surface area contributed by atoms with E-state index < -0.39 is 5.97 Å². The molecular formula is C24H28N2O2S2. The van der Waals surface area contributed by atoms with Gasteiger partial charge < -0.3 is 10.0 Å². The van der Waals surface area contributed by atoms with Gasteiger partial charge in [0, 0.05) is 18.0 Å². The molecule has 0 aliphatic carbocycles. The van der Waals surface area contributed by atoms with Gasteiger partial charge in [-0.15, -0.1) is 23.1 Å². The molecule has 2 aromatic rings. The third kappa shape index (κ3) is 5.17. The molecule has 0 bridgehead atoms. The van der Waals surface area contributed by atoms with E-state index in [1.54, 1.807) is 23.1 Å². The number of aryl methyl sites for hydroxylation is 1. The molecule has 4 nitrogen and oxygen atoms in total. The predicted octanol–water partition coefficient (Wildman–Crippen LogP) is 5.20. The van der Waals surface area contributed by atoms with Gasteiger partial charge in [0.1, 0.15) is 6.17 Å². The number of carbonyl (C=O) groups is 1. The summed E-state index contributed by atoms with van der Waals surface area (Å²) in [7, 11) is 0. The van der Waals surface area contributed by atoms with E-state index in [1.165, 1.54) is 23.3 Å². The van der Waals surface area contributed by atoms with Gasteiger partial charge in [-0.1, -0.05) is 36.4 Å². The molecule has 2 aliphatic heterocycles. The van der Waals surface area contributed by atoms with Crippen LogP contribution >= 0.6 is 23.1 Å². The molecule has 0 radical (unpaired) electrons. The quantitative estimate of drug-likeness (QED) is 0.543. The van der Waals surface area contributed by atoms with Crippen LogP contribution in [0.15, 0.2) is 70.6 Å². The fourth-order valence-corrected chi connectivity index (χ4v) is 5.94. The molecule has 1 aromatic heterocycles. The highest BCUT2D eigenvalue weighted by molar-refractivity contribution is 8.03. The van der Waals surface area contributed by atoms with Crippen LogP contribution in [0, 0.1) is 0 Å². The van der Waals surface area contributed by atoms with Gasteiger partial charge in [0.2, 0.25) is 0 Å². The molecule has 1 aromatic carbocycles. The van der Waals surface area contributed by atoms with Crippen molar-refractivity contribution in [2.45, 2.75) is 38.4 Å². The number of aliphatic carboxylic acids is 1. The maximum absolute atomic E-state index is 12.0. The Labute approximate surface area is 186 Å². The summed E-state index contributed by atoms with van der Waals surface area (Å²) in [6.07, 6.45) is 8.51. The normalized spacial score (nSPS) is 19.6. The standard InChI is InChI=1S/C24H28N2O2S2/c27-24(28)21-12-13-22(25-14-4-5-15-25)26(18-20-11-7-16-29-20)23(21)30-17-6-10-19-8-2-1-3-9-19/h1-3,7-9,11-13,16,22H,4-6,10,14-15,17-18H2,(H,27,28). The number of carboxylic acid groups (broad SMARTS) is 1. The molecule has 0 spiro atoms. The molecule has 30 heavy (non-hydrogen) atoms. The van der Waals surface area contributed by atoms with Crippen molar-refractivity contribution in [2.75, 3.05) is 18.8 Å². The third-order valence-corrected chi connectivity index (χ3v) is 7.67. The Bertz CT molecular complexity index is 887. The zero-order chi connectivity index (χ0) is 20.8. The minimum Gasteiger partial charge on any atom is -0.478 e. The number of nitrogens with zero attached hydrogens (tertiary/aromatic N) is 2. The Morgan fingerprint density at radius 3 is 2.63 bits per heavy atom. The lowest BCUT2D eigenvalue weighted by molar-refractivity contribution is -0.132.